The first kappa shape index (κ1) is 19.3. The Morgan fingerprint density at radius 1 is 1.26 bits per heavy atom. The lowest BCUT2D eigenvalue weighted by molar-refractivity contribution is -0.129. The van der Waals surface area contributed by atoms with E-state index in [4.69, 9.17) is 10.8 Å². The summed E-state index contributed by atoms with van der Waals surface area (Å²) in [4.78, 5) is 18.5. The van der Waals surface area contributed by atoms with E-state index in [2.05, 4.69) is 11.1 Å². The van der Waals surface area contributed by atoms with Crippen molar-refractivity contribution in [2.24, 2.45) is 10.7 Å². The van der Waals surface area contributed by atoms with Gasteiger partial charge in [-0.3, -0.25) is 0 Å². The molecule has 1 aliphatic heterocycles. The van der Waals surface area contributed by atoms with Gasteiger partial charge in [0, 0.05) is 29.1 Å². The largest absolute Gasteiger partial charge is 0.475 e. The number of thioether (sulfide) groups is 1. The maximum Gasteiger partial charge on any atom is 0.371 e. The van der Waals surface area contributed by atoms with Crippen LogP contribution < -0.4 is 10.6 Å². The molecule has 3 rings (SSSR count). The number of aliphatic carboxylic acids is 1. The number of carboxylic acid groups (broad SMARTS) is 1. The van der Waals surface area contributed by atoms with Crippen LogP contribution in [0.15, 0.2) is 58.4 Å². The van der Waals surface area contributed by atoms with Crippen LogP contribution in [0.25, 0.3) is 11.1 Å². The molecule has 2 atom stereocenters. The Hall–Kier alpha value is -2.51. The predicted octanol–water partition coefficient (Wildman–Crippen LogP) is 2.80. The number of rotatable bonds is 4. The molecule has 1 saturated heterocycles. The molecule has 0 aliphatic carbocycles. The molecule has 27 heavy (non-hydrogen) atoms. The summed E-state index contributed by atoms with van der Waals surface area (Å²) in [5, 5.41) is 19.2. The zero-order valence-electron chi connectivity index (χ0n) is 15.1. The average Bonchev–Trinajstić information content (AvgIpc) is 2.68. The first-order valence-electron chi connectivity index (χ1n) is 8.74. The molecule has 0 radical (unpaired) electrons. The van der Waals surface area contributed by atoms with Gasteiger partial charge in [0.05, 0.1) is 6.10 Å². The first-order chi connectivity index (χ1) is 13.0. The number of anilines is 1. The lowest BCUT2D eigenvalue weighted by atomic mass is 9.99. The van der Waals surface area contributed by atoms with E-state index in [9.17, 15) is 9.90 Å². The highest BCUT2D eigenvalue weighted by Crippen LogP contribution is 2.37. The van der Waals surface area contributed by atoms with Crippen LogP contribution in [-0.4, -0.2) is 47.1 Å². The van der Waals surface area contributed by atoms with Crippen molar-refractivity contribution in [2.75, 3.05) is 17.7 Å². The topological polar surface area (TPSA) is 99.1 Å². The van der Waals surface area contributed by atoms with Crippen LogP contribution in [0.5, 0.6) is 0 Å². The number of piperidine rings is 1. The van der Waals surface area contributed by atoms with E-state index in [0.29, 0.717) is 19.4 Å². The van der Waals surface area contributed by atoms with Crippen LogP contribution in [0.4, 0.5) is 5.69 Å². The number of aliphatic imine (C=N–C) groups is 1. The van der Waals surface area contributed by atoms with Crippen molar-refractivity contribution in [3.8, 4) is 11.1 Å². The smallest absolute Gasteiger partial charge is 0.371 e. The molecule has 0 bridgehead atoms. The second kappa shape index (κ2) is 8.45. The number of hydrogen-bond acceptors (Lipinski definition) is 5. The van der Waals surface area contributed by atoms with Crippen molar-refractivity contribution in [3.05, 3.63) is 48.5 Å². The number of carboxylic acids is 1. The molecule has 2 unspecified atom stereocenters. The molecule has 142 valence electrons. The van der Waals surface area contributed by atoms with E-state index in [1.807, 2.05) is 53.6 Å². The van der Waals surface area contributed by atoms with E-state index in [1.165, 1.54) is 0 Å². The van der Waals surface area contributed by atoms with Crippen molar-refractivity contribution >= 4 is 29.3 Å². The quantitative estimate of drug-likeness (QED) is 0.425. The molecule has 7 heteroatoms. The molecule has 0 spiro atoms. The molecule has 6 nitrogen and oxygen atoms in total. The number of carbonyl (C=O) groups is 1. The van der Waals surface area contributed by atoms with Gasteiger partial charge in [0.1, 0.15) is 6.17 Å². The highest BCUT2D eigenvalue weighted by atomic mass is 32.2. The summed E-state index contributed by atoms with van der Waals surface area (Å²) in [7, 11) is 0. The Morgan fingerprint density at radius 2 is 2.00 bits per heavy atom. The van der Waals surface area contributed by atoms with Gasteiger partial charge in [-0.2, -0.15) is 0 Å². The second-order valence-electron chi connectivity index (χ2n) is 6.42. The lowest BCUT2D eigenvalue weighted by Gasteiger charge is -2.38. The van der Waals surface area contributed by atoms with E-state index >= 15 is 0 Å². The molecule has 0 amide bonds. The molecule has 1 heterocycles. The van der Waals surface area contributed by atoms with Gasteiger partial charge in [0.15, 0.2) is 0 Å². The minimum Gasteiger partial charge on any atom is -0.475 e. The third-order valence-corrected chi connectivity index (χ3v) is 5.38. The van der Waals surface area contributed by atoms with E-state index in [-0.39, 0.29) is 0 Å². The molecular formula is C20H23N3O3S. The van der Waals surface area contributed by atoms with Crippen molar-refractivity contribution in [2.45, 2.75) is 30.0 Å². The molecule has 0 saturated carbocycles. The van der Waals surface area contributed by atoms with Crippen LogP contribution in [0.3, 0.4) is 0 Å². The first-order valence-corrected chi connectivity index (χ1v) is 9.97. The van der Waals surface area contributed by atoms with Crippen LogP contribution in [-0.2, 0) is 4.79 Å². The monoisotopic (exact) mass is 385 g/mol. The number of aliphatic hydroxyl groups excluding tert-OH is 1. The van der Waals surface area contributed by atoms with Gasteiger partial charge in [-0.05, 0) is 36.4 Å². The van der Waals surface area contributed by atoms with Crippen molar-refractivity contribution in [1.82, 2.24) is 0 Å². The number of amidine groups is 1. The van der Waals surface area contributed by atoms with Gasteiger partial charge in [0.2, 0.25) is 5.84 Å². The maximum absolute atomic E-state index is 11.1. The van der Waals surface area contributed by atoms with Gasteiger partial charge in [-0.1, -0.05) is 30.3 Å². The number of nitrogens with two attached hydrogens (primary N) is 1. The van der Waals surface area contributed by atoms with Crippen molar-refractivity contribution < 1.29 is 15.0 Å². The van der Waals surface area contributed by atoms with Crippen LogP contribution >= 0.6 is 11.8 Å². The Kier molecular flexibility index (Phi) is 6.03. The third kappa shape index (κ3) is 4.43. The maximum atomic E-state index is 11.1. The number of nitrogens with zero attached hydrogens (tertiary/aromatic N) is 2. The number of aliphatic hydroxyl groups is 1. The normalized spacial score (nSPS) is 20.5. The Morgan fingerprint density at radius 3 is 2.67 bits per heavy atom. The van der Waals surface area contributed by atoms with Gasteiger partial charge in [-0.25, -0.2) is 9.79 Å². The Labute approximate surface area is 162 Å². The van der Waals surface area contributed by atoms with Gasteiger partial charge in [0.25, 0.3) is 0 Å². The van der Waals surface area contributed by atoms with Crippen LogP contribution in [0, 0.1) is 0 Å². The summed E-state index contributed by atoms with van der Waals surface area (Å²) in [6.45, 7) is 0.570. The average molecular weight is 385 g/mol. The second-order valence-corrected chi connectivity index (χ2v) is 7.30. The summed E-state index contributed by atoms with van der Waals surface area (Å²) < 4.78 is 0. The summed E-state index contributed by atoms with van der Waals surface area (Å²) in [5.41, 5.74) is 8.64. The van der Waals surface area contributed by atoms with Crippen LogP contribution in [0.2, 0.25) is 0 Å². The highest BCUT2D eigenvalue weighted by molar-refractivity contribution is 7.98. The van der Waals surface area contributed by atoms with Gasteiger partial charge in [-0.15, -0.1) is 11.8 Å². The fourth-order valence-electron chi connectivity index (χ4n) is 3.29. The lowest BCUT2D eigenvalue weighted by Crippen LogP contribution is -2.45. The molecule has 1 aliphatic rings. The Bertz CT molecular complexity index is 842. The van der Waals surface area contributed by atoms with Gasteiger partial charge < -0.3 is 20.8 Å². The fraction of sp³-hybridized carbons (Fsp3) is 0.300. The highest BCUT2D eigenvalue weighted by Gasteiger charge is 2.29. The van der Waals surface area contributed by atoms with Crippen molar-refractivity contribution in [3.63, 3.8) is 0 Å². The molecular weight excluding hydrogens is 362 g/mol. The van der Waals surface area contributed by atoms with E-state index in [1.54, 1.807) is 11.8 Å². The van der Waals surface area contributed by atoms with E-state index in [0.717, 1.165) is 21.7 Å². The molecule has 4 N–H and O–H groups in total. The van der Waals surface area contributed by atoms with Gasteiger partial charge >= 0.3 is 5.97 Å². The minimum absolute atomic E-state index is 0.340. The summed E-state index contributed by atoms with van der Waals surface area (Å²) in [6.07, 6.45) is 1.92. The fourth-order valence-corrected chi connectivity index (χ4v) is 3.73. The third-order valence-electron chi connectivity index (χ3n) is 4.65. The predicted molar refractivity (Wildman–Crippen MR) is 109 cm³/mol. The molecule has 2 aromatic carbocycles. The molecule has 0 aromatic heterocycles. The standard InChI is InChI=1S/C20H23N3O3S/c1-27-15-7-8-17(16(12-15)13-5-3-2-4-6-13)23-10-9-14(24)11-18(23)22-19(21)20(25)26/h2-8,12,14,18,24H,9-11H2,1H3,(H2,21,22)(H,25,26). The number of hydrogen-bond donors (Lipinski definition) is 3. The van der Waals surface area contributed by atoms with E-state index < -0.39 is 24.1 Å². The zero-order valence-corrected chi connectivity index (χ0v) is 15.9. The molecule has 1 fully saturated rings. The van der Waals surface area contributed by atoms with Crippen LogP contribution in [0.1, 0.15) is 12.8 Å². The SMILES string of the molecule is CSc1ccc(N2CCC(O)CC2/N=C(\N)C(=O)O)c(-c2ccccc2)c1. The molecule has 2 aromatic rings. The minimum atomic E-state index is -1.25. The zero-order chi connectivity index (χ0) is 19.4. The Balaban J connectivity index is 2.07. The number of benzene rings is 2. The summed E-state index contributed by atoms with van der Waals surface area (Å²) >= 11 is 1.66. The summed E-state index contributed by atoms with van der Waals surface area (Å²) in [5.74, 6) is -1.70. The summed E-state index contributed by atoms with van der Waals surface area (Å²) in [6, 6.07) is 16.2. The van der Waals surface area contributed by atoms with Crippen molar-refractivity contribution in [1.29, 1.82) is 0 Å².